The van der Waals surface area contributed by atoms with Gasteiger partial charge in [0.1, 0.15) is 0 Å². The summed E-state index contributed by atoms with van der Waals surface area (Å²) in [7, 11) is 6.73. The van der Waals surface area contributed by atoms with Crippen LogP contribution in [0.25, 0.3) is 10.3 Å². The molecule has 0 aliphatic rings. The first-order chi connectivity index (χ1) is 12.0. The van der Waals surface area contributed by atoms with Gasteiger partial charge in [-0.1, -0.05) is 11.3 Å². The van der Waals surface area contributed by atoms with Gasteiger partial charge in [-0.25, -0.2) is 9.67 Å². The van der Waals surface area contributed by atoms with Crippen LogP contribution in [0.15, 0.2) is 12.1 Å². The molecule has 1 aromatic carbocycles. The first-order valence-electron chi connectivity index (χ1n) is 7.85. The normalized spacial score (nSPS) is 12.2. The molecule has 7 nitrogen and oxygen atoms in total. The summed E-state index contributed by atoms with van der Waals surface area (Å²) in [6.45, 7) is 4.06. The van der Waals surface area contributed by atoms with E-state index in [0.717, 1.165) is 26.7 Å². The second-order valence-corrected chi connectivity index (χ2v) is 6.70. The molecule has 25 heavy (non-hydrogen) atoms. The van der Waals surface area contributed by atoms with Gasteiger partial charge in [-0.2, -0.15) is 5.10 Å². The SMILES string of the molecule is COc1cc([C@H](C)Nc2nc3c(s2)c(C)nn3C)cc(OC)c1OC. The molecule has 0 radical (unpaired) electrons. The molecule has 1 N–H and O–H groups in total. The Bertz CT molecular complexity index is 843. The van der Waals surface area contributed by atoms with Crippen molar-refractivity contribution >= 4 is 26.8 Å². The Morgan fingerprint density at radius 1 is 1.12 bits per heavy atom. The minimum atomic E-state index is 0.0162. The van der Waals surface area contributed by atoms with Crippen LogP contribution in [0.4, 0.5) is 5.13 Å². The van der Waals surface area contributed by atoms with E-state index < -0.39 is 0 Å². The molecule has 1 atom stereocenters. The maximum absolute atomic E-state index is 5.43. The molecule has 2 heterocycles. The molecular formula is C17H22N4O3S. The van der Waals surface area contributed by atoms with Crippen molar-refractivity contribution in [2.45, 2.75) is 19.9 Å². The van der Waals surface area contributed by atoms with E-state index >= 15 is 0 Å². The molecule has 0 aliphatic heterocycles. The number of fused-ring (bicyclic) bond motifs is 1. The second kappa shape index (κ2) is 6.79. The number of nitrogens with one attached hydrogen (secondary N) is 1. The molecule has 0 unspecified atom stereocenters. The van der Waals surface area contributed by atoms with E-state index in [4.69, 9.17) is 14.2 Å². The average molecular weight is 362 g/mol. The van der Waals surface area contributed by atoms with Crippen molar-refractivity contribution in [1.29, 1.82) is 0 Å². The predicted octanol–water partition coefficient (Wildman–Crippen LogP) is 3.54. The van der Waals surface area contributed by atoms with Gasteiger partial charge in [0.25, 0.3) is 0 Å². The van der Waals surface area contributed by atoms with E-state index in [9.17, 15) is 0 Å². The Morgan fingerprint density at radius 2 is 1.76 bits per heavy atom. The third-order valence-corrected chi connectivity index (χ3v) is 5.16. The summed E-state index contributed by atoms with van der Waals surface area (Å²) < 4.78 is 19.1. The zero-order valence-electron chi connectivity index (χ0n) is 15.2. The smallest absolute Gasteiger partial charge is 0.203 e. The van der Waals surface area contributed by atoms with Gasteiger partial charge < -0.3 is 19.5 Å². The van der Waals surface area contributed by atoms with Crippen molar-refractivity contribution in [3.05, 3.63) is 23.4 Å². The number of hydrogen-bond acceptors (Lipinski definition) is 7. The molecule has 0 saturated carbocycles. The second-order valence-electron chi connectivity index (χ2n) is 5.71. The van der Waals surface area contributed by atoms with Gasteiger partial charge in [0.2, 0.25) is 5.75 Å². The van der Waals surface area contributed by atoms with Gasteiger partial charge >= 0.3 is 0 Å². The van der Waals surface area contributed by atoms with Gasteiger partial charge in [-0.15, -0.1) is 0 Å². The lowest BCUT2D eigenvalue weighted by atomic mass is 10.1. The molecule has 2 aromatic heterocycles. The highest BCUT2D eigenvalue weighted by Gasteiger charge is 2.18. The molecule has 0 aliphatic carbocycles. The van der Waals surface area contributed by atoms with Crippen LogP contribution in [-0.2, 0) is 7.05 Å². The topological polar surface area (TPSA) is 70.4 Å². The first-order valence-corrected chi connectivity index (χ1v) is 8.66. The molecule has 8 heteroatoms. The zero-order chi connectivity index (χ0) is 18.1. The molecule has 0 fully saturated rings. The highest BCUT2D eigenvalue weighted by Crippen LogP contribution is 2.40. The largest absolute Gasteiger partial charge is 0.493 e. The third kappa shape index (κ3) is 3.09. The van der Waals surface area contributed by atoms with Crippen LogP contribution in [0, 0.1) is 6.92 Å². The summed E-state index contributed by atoms with van der Waals surface area (Å²) in [4.78, 5) is 4.64. The monoisotopic (exact) mass is 362 g/mol. The van der Waals surface area contributed by atoms with E-state index in [1.807, 2.05) is 26.1 Å². The minimum Gasteiger partial charge on any atom is -0.493 e. The lowest BCUT2D eigenvalue weighted by Gasteiger charge is -2.18. The van der Waals surface area contributed by atoms with Gasteiger partial charge in [0.15, 0.2) is 22.3 Å². The number of hydrogen-bond donors (Lipinski definition) is 1. The number of rotatable bonds is 6. The molecule has 134 valence electrons. The Morgan fingerprint density at radius 3 is 2.28 bits per heavy atom. The summed E-state index contributed by atoms with van der Waals surface area (Å²) in [5, 5.41) is 8.68. The number of nitrogens with zero attached hydrogens (tertiary/aromatic N) is 3. The maximum Gasteiger partial charge on any atom is 0.203 e. The van der Waals surface area contributed by atoms with E-state index in [2.05, 4.69) is 22.3 Å². The molecular weight excluding hydrogens is 340 g/mol. The van der Waals surface area contributed by atoms with Crippen molar-refractivity contribution in [2.75, 3.05) is 26.6 Å². The van der Waals surface area contributed by atoms with Crippen LogP contribution >= 0.6 is 11.3 Å². The summed E-state index contributed by atoms with van der Waals surface area (Å²) in [5.41, 5.74) is 2.90. The summed E-state index contributed by atoms with van der Waals surface area (Å²) >= 11 is 1.60. The number of thiazole rings is 1. The van der Waals surface area contributed by atoms with Crippen molar-refractivity contribution in [3.8, 4) is 17.2 Å². The first kappa shape index (κ1) is 17.3. The van der Waals surface area contributed by atoms with Crippen LogP contribution < -0.4 is 19.5 Å². The number of aryl methyl sites for hydroxylation is 2. The van der Waals surface area contributed by atoms with Crippen molar-refractivity contribution in [3.63, 3.8) is 0 Å². The van der Waals surface area contributed by atoms with Crippen LogP contribution in [0.3, 0.4) is 0 Å². The summed E-state index contributed by atoms with van der Waals surface area (Å²) in [5.74, 6) is 1.85. The molecule has 3 aromatic rings. The fraction of sp³-hybridized carbons (Fsp3) is 0.412. The quantitative estimate of drug-likeness (QED) is 0.723. The van der Waals surface area contributed by atoms with Crippen LogP contribution in [0.5, 0.6) is 17.2 Å². The Labute approximate surface area is 150 Å². The maximum atomic E-state index is 5.43. The van der Waals surface area contributed by atoms with E-state index in [1.165, 1.54) is 0 Å². The molecule has 0 amide bonds. The molecule has 0 bridgehead atoms. The Kier molecular flexibility index (Phi) is 4.71. The minimum absolute atomic E-state index is 0.0162. The molecule has 0 spiro atoms. The fourth-order valence-electron chi connectivity index (χ4n) is 2.77. The third-order valence-electron chi connectivity index (χ3n) is 4.07. The van der Waals surface area contributed by atoms with E-state index in [-0.39, 0.29) is 6.04 Å². The highest BCUT2D eigenvalue weighted by atomic mass is 32.1. The van der Waals surface area contributed by atoms with Gasteiger partial charge in [-0.3, -0.25) is 0 Å². The van der Waals surface area contributed by atoms with Gasteiger partial charge in [-0.05, 0) is 31.5 Å². The van der Waals surface area contributed by atoms with Crippen molar-refractivity contribution in [2.24, 2.45) is 7.05 Å². The zero-order valence-corrected chi connectivity index (χ0v) is 16.0. The van der Waals surface area contributed by atoms with Crippen LogP contribution in [0.1, 0.15) is 24.2 Å². The van der Waals surface area contributed by atoms with Crippen LogP contribution in [0.2, 0.25) is 0 Å². The molecule has 3 rings (SSSR count). The average Bonchev–Trinajstić information content (AvgIpc) is 3.14. The number of benzene rings is 1. The summed E-state index contributed by atoms with van der Waals surface area (Å²) in [6, 6.07) is 3.90. The van der Waals surface area contributed by atoms with Crippen molar-refractivity contribution in [1.82, 2.24) is 14.8 Å². The molecule has 0 saturated heterocycles. The van der Waals surface area contributed by atoms with E-state index in [0.29, 0.717) is 17.2 Å². The fourth-order valence-corrected chi connectivity index (χ4v) is 3.79. The lowest BCUT2D eigenvalue weighted by Crippen LogP contribution is -2.08. The lowest BCUT2D eigenvalue weighted by molar-refractivity contribution is 0.323. The van der Waals surface area contributed by atoms with Gasteiger partial charge in [0, 0.05) is 7.05 Å². The van der Waals surface area contributed by atoms with Crippen molar-refractivity contribution < 1.29 is 14.2 Å². The number of anilines is 1. The van der Waals surface area contributed by atoms with Crippen LogP contribution in [-0.4, -0.2) is 36.1 Å². The standard InChI is InChI=1S/C17H22N4O3S/c1-9(11-7-12(22-4)14(24-6)13(8-11)23-5)18-17-19-16-15(25-17)10(2)20-21(16)3/h7-9H,1-6H3,(H,18,19)/t9-/m0/s1. The number of ether oxygens (including phenoxy) is 3. The van der Waals surface area contributed by atoms with Gasteiger partial charge in [0.05, 0.1) is 37.8 Å². The summed E-state index contributed by atoms with van der Waals surface area (Å²) in [6.07, 6.45) is 0. The Hall–Kier alpha value is -2.48. The number of aromatic nitrogens is 3. The number of methoxy groups -OCH3 is 3. The van der Waals surface area contributed by atoms with E-state index in [1.54, 1.807) is 37.3 Å². The highest BCUT2D eigenvalue weighted by molar-refractivity contribution is 7.22. The predicted molar refractivity (Wildman–Crippen MR) is 99.3 cm³/mol. The Balaban J connectivity index is 1.91.